The molecule has 0 unspecified atom stereocenters. The SMILES string of the molecule is Fc1cccc(-c2nc3cc(N=Cc4ccc(-c5ccc(Cl)c(Cl)c5)o4)ccc3o2)c1. The standard InChI is InChI=1S/C24H13Cl2FN2O2/c25-19-7-4-14(11-20(19)26)22-9-6-18(30-22)13-28-17-5-8-23-21(12-17)29-24(31-23)15-2-1-3-16(27)10-15/h1-13H. The zero-order chi connectivity index (χ0) is 21.4. The number of hydrogen-bond donors (Lipinski definition) is 0. The van der Waals surface area contributed by atoms with Crippen LogP contribution >= 0.6 is 23.2 Å². The van der Waals surface area contributed by atoms with Gasteiger partial charge in [-0.05, 0) is 66.7 Å². The predicted molar refractivity (Wildman–Crippen MR) is 121 cm³/mol. The first kappa shape index (κ1) is 19.5. The Bertz CT molecular complexity index is 1440. The number of aromatic nitrogens is 1. The number of hydrogen-bond acceptors (Lipinski definition) is 4. The zero-order valence-electron chi connectivity index (χ0n) is 15.9. The molecule has 7 heteroatoms. The maximum absolute atomic E-state index is 13.5. The van der Waals surface area contributed by atoms with Crippen molar-refractivity contribution in [3.63, 3.8) is 0 Å². The van der Waals surface area contributed by atoms with E-state index in [9.17, 15) is 4.39 Å². The van der Waals surface area contributed by atoms with E-state index >= 15 is 0 Å². The molecule has 0 amide bonds. The van der Waals surface area contributed by atoms with Crippen LogP contribution in [-0.4, -0.2) is 11.2 Å². The Kier molecular flexibility index (Phi) is 5.06. The normalized spacial score (nSPS) is 11.6. The van der Waals surface area contributed by atoms with E-state index in [2.05, 4.69) is 9.98 Å². The van der Waals surface area contributed by atoms with Crippen molar-refractivity contribution >= 4 is 46.2 Å². The van der Waals surface area contributed by atoms with Crippen molar-refractivity contribution < 1.29 is 13.2 Å². The molecule has 5 aromatic rings. The first-order valence-corrected chi connectivity index (χ1v) is 10.1. The number of furan rings is 1. The molecule has 3 aromatic carbocycles. The first-order chi connectivity index (χ1) is 15.0. The van der Waals surface area contributed by atoms with Gasteiger partial charge in [0.25, 0.3) is 0 Å². The lowest BCUT2D eigenvalue weighted by atomic mass is 10.2. The lowest BCUT2D eigenvalue weighted by Crippen LogP contribution is -1.79. The number of oxazole rings is 1. The molecule has 0 aliphatic carbocycles. The van der Waals surface area contributed by atoms with Crippen LogP contribution in [0.25, 0.3) is 33.9 Å². The highest BCUT2D eigenvalue weighted by atomic mass is 35.5. The van der Waals surface area contributed by atoms with Gasteiger partial charge in [0.15, 0.2) is 5.58 Å². The summed E-state index contributed by atoms with van der Waals surface area (Å²) in [5.74, 6) is 1.25. The highest BCUT2D eigenvalue weighted by Crippen LogP contribution is 2.30. The minimum Gasteiger partial charge on any atom is -0.455 e. The quantitative estimate of drug-likeness (QED) is 0.261. The van der Waals surface area contributed by atoms with Crippen molar-refractivity contribution in [2.24, 2.45) is 4.99 Å². The van der Waals surface area contributed by atoms with Gasteiger partial charge in [-0.15, -0.1) is 0 Å². The summed E-state index contributed by atoms with van der Waals surface area (Å²) < 4.78 is 25.0. The van der Waals surface area contributed by atoms with Crippen molar-refractivity contribution in [3.05, 3.63) is 94.4 Å². The Morgan fingerprint density at radius 1 is 0.839 bits per heavy atom. The lowest BCUT2D eigenvalue weighted by Gasteiger charge is -1.99. The second-order valence-electron chi connectivity index (χ2n) is 6.77. The van der Waals surface area contributed by atoms with Crippen LogP contribution in [0.3, 0.4) is 0 Å². The highest BCUT2D eigenvalue weighted by molar-refractivity contribution is 6.42. The second kappa shape index (κ2) is 8.02. The molecule has 0 atom stereocenters. The molecule has 2 heterocycles. The Hall–Kier alpha value is -3.41. The summed E-state index contributed by atoms with van der Waals surface area (Å²) in [7, 11) is 0. The average molecular weight is 451 g/mol. The van der Waals surface area contributed by atoms with E-state index in [1.807, 2.05) is 24.3 Å². The van der Waals surface area contributed by atoms with Gasteiger partial charge in [-0.3, -0.25) is 4.99 Å². The molecule has 5 rings (SSSR count). The Balaban J connectivity index is 1.39. The van der Waals surface area contributed by atoms with Gasteiger partial charge in [0, 0.05) is 11.1 Å². The van der Waals surface area contributed by atoms with Gasteiger partial charge < -0.3 is 8.83 Å². The number of aliphatic imine (C=N–C) groups is 1. The van der Waals surface area contributed by atoms with Crippen LogP contribution in [0.2, 0.25) is 10.0 Å². The van der Waals surface area contributed by atoms with Gasteiger partial charge in [0.1, 0.15) is 22.9 Å². The molecular weight excluding hydrogens is 438 g/mol. The fraction of sp³-hybridized carbons (Fsp3) is 0. The van der Waals surface area contributed by atoms with Crippen LogP contribution in [0, 0.1) is 5.82 Å². The minimum absolute atomic E-state index is 0.344. The van der Waals surface area contributed by atoms with Gasteiger partial charge in [0.2, 0.25) is 5.89 Å². The summed E-state index contributed by atoms with van der Waals surface area (Å²) in [6.45, 7) is 0. The average Bonchev–Trinajstić information content (AvgIpc) is 3.41. The van der Waals surface area contributed by atoms with E-state index in [1.54, 1.807) is 42.6 Å². The van der Waals surface area contributed by atoms with Crippen LogP contribution < -0.4 is 0 Å². The Morgan fingerprint density at radius 3 is 2.58 bits per heavy atom. The third-order valence-corrected chi connectivity index (χ3v) is 5.35. The van der Waals surface area contributed by atoms with E-state index in [0.717, 1.165) is 5.56 Å². The van der Waals surface area contributed by atoms with Crippen LogP contribution in [0.1, 0.15) is 5.76 Å². The molecule has 152 valence electrons. The summed E-state index contributed by atoms with van der Waals surface area (Å²) >= 11 is 12.0. The van der Waals surface area contributed by atoms with Crippen molar-refractivity contribution in [2.75, 3.05) is 0 Å². The van der Waals surface area contributed by atoms with Crippen LogP contribution in [0.15, 0.2) is 86.6 Å². The summed E-state index contributed by atoms with van der Waals surface area (Å²) in [5, 5.41) is 0.951. The van der Waals surface area contributed by atoms with Crippen LogP contribution in [0.5, 0.6) is 0 Å². The van der Waals surface area contributed by atoms with E-state index in [0.29, 0.717) is 49.8 Å². The number of fused-ring (bicyclic) bond motifs is 1. The van der Waals surface area contributed by atoms with Gasteiger partial charge in [-0.25, -0.2) is 9.37 Å². The smallest absolute Gasteiger partial charge is 0.227 e. The highest BCUT2D eigenvalue weighted by Gasteiger charge is 2.10. The largest absolute Gasteiger partial charge is 0.455 e. The molecule has 0 spiro atoms. The van der Waals surface area contributed by atoms with Crippen molar-refractivity contribution in [1.29, 1.82) is 0 Å². The third-order valence-electron chi connectivity index (χ3n) is 4.61. The fourth-order valence-corrected chi connectivity index (χ4v) is 3.40. The number of halogens is 3. The van der Waals surface area contributed by atoms with Gasteiger partial charge in [0.05, 0.1) is 21.9 Å². The van der Waals surface area contributed by atoms with E-state index in [1.165, 1.54) is 12.1 Å². The lowest BCUT2D eigenvalue weighted by molar-refractivity contribution is 0.575. The van der Waals surface area contributed by atoms with Crippen LogP contribution in [0.4, 0.5) is 10.1 Å². The van der Waals surface area contributed by atoms with Crippen molar-refractivity contribution in [1.82, 2.24) is 4.98 Å². The molecule has 0 N–H and O–H groups in total. The molecule has 0 aliphatic rings. The molecule has 4 nitrogen and oxygen atoms in total. The summed E-state index contributed by atoms with van der Waals surface area (Å²) in [4.78, 5) is 8.90. The van der Waals surface area contributed by atoms with E-state index in [4.69, 9.17) is 32.0 Å². The number of benzene rings is 3. The summed E-state index contributed by atoms with van der Waals surface area (Å²) in [6, 6.07) is 20.5. The second-order valence-corrected chi connectivity index (χ2v) is 7.58. The van der Waals surface area contributed by atoms with Gasteiger partial charge in [-0.1, -0.05) is 29.3 Å². The maximum Gasteiger partial charge on any atom is 0.227 e. The Labute approximate surface area is 186 Å². The molecule has 0 bridgehead atoms. The van der Waals surface area contributed by atoms with Crippen molar-refractivity contribution in [2.45, 2.75) is 0 Å². The topological polar surface area (TPSA) is 51.5 Å². The molecular formula is C24H13Cl2FN2O2. The molecule has 0 aliphatic heterocycles. The van der Waals surface area contributed by atoms with E-state index < -0.39 is 0 Å². The number of nitrogens with zero attached hydrogens (tertiary/aromatic N) is 2. The van der Waals surface area contributed by atoms with E-state index in [-0.39, 0.29) is 5.82 Å². The zero-order valence-corrected chi connectivity index (χ0v) is 17.4. The maximum atomic E-state index is 13.5. The first-order valence-electron chi connectivity index (χ1n) is 9.31. The van der Waals surface area contributed by atoms with Crippen LogP contribution in [-0.2, 0) is 0 Å². The molecule has 0 radical (unpaired) electrons. The predicted octanol–water partition coefficient (Wildman–Crippen LogP) is 7.95. The molecule has 0 saturated carbocycles. The molecule has 0 fully saturated rings. The third kappa shape index (κ3) is 4.10. The van der Waals surface area contributed by atoms with Gasteiger partial charge in [-0.2, -0.15) is 0 Å². The molecule has 0 saturated heterocycles. The molecule has 2 aromatic heterocycles. The van der Waals surface area contributed by atoms with Gasteiger partial charge >= 0.3 is 0 Å². The Morgan fingerprint density at radius 2 is 1.74 bits per heavy atom. The number of rotatable bonds is 4. The minimum atomic E-state index is -0.344. The fourth-order valence-electron chi connectivity index (χ4n) is 3.11. The summed E-state index contributed by atoms with van der Waals surface area (Å²) in [5.41, 5.74) is 3.30. The monoisotopic (exact) mass is 450 g/mol. The van der Waals surface area contributed by atoms with Crippen molar-refractivity contribution in [3.8, 4) is 22.8 Å². The summed E-state index contributed by atoms with van der Waals surface area (Å²) in [6.07, 6.45) is 1.62. The molecule has 31 heavy (non-hydrogen) atoms.